The molecule has 2 aromatic heterocycles. The molecule has 0 aliphatic rings. The van der Waals surface area contributed by atoms with Crippen molar-refractivity contribution in [3.8, 4) is 0 Å². The van der Waals surface area contributed by atoms with Gasteiger partial charge in [0.05, 0.1) is 32.3 Å². The molecule has 0 aliphatic carbocycles. The van der Waals surface area contributed by atoms with Crippen molar-refractivity contribution < 1.29 is 0 Å². The van der Waals surface area contributed by atoms with Crippen molar-refractivity contribution in [1.29, 1.82) is 0 Å². The van der Waals surface area contributed by atoms with Gasteiger partial charge in [0.15, 0.2) is 0 Å². The van der Waals surface area contributed by atoms with Crippen LogP contribution in [0, 0.1) is 0 Å². The summed E-state index contributed by atoms with van der Waals surface area (Å²) in [7, 11) is 0. The molecule has 7 nitrogen and oxygen atoms in total. The highest BCUT2D eigenvalue weighted by molar-refractivity contribution is 6.42. The van der Waals surface area contributed by atoms with Crippen molar-refractivity contribution in [2.75, 3.05) is 5.32 Å². The molecule has 3 aromatic rings. The van der Waals surface area contributed by atoms with E-state index in [9.17, 15) is 19.2 Å². The summed E-state index contributed by atoms with van der Waals surface area (Å²) in [6, 6.07) is -0.695. The molecule has 1 N–H and O–H groups in total. The topological polar surface area (TPSA) is 90.2 Å². The zero-order valence-corrected chi connectivity index (χ0v) is 23.3. The number of hydrogen-bond acceptors (Lipinski definition) is 5. The molecule has 0 unspecified atom stereocenters. The minimum atomic E-state index is -0.492. The van der Waals surface area contributed by atoms with E-state index in [1.165, 1.54) is 9.13 Å². The van der Waals surface area contributed by atoms with Gasteiger partial charge in [-0.3, -0.25) is 28.3 Å². The molecule has 3 rings (SSSR count). The van der Waals surface area contributed by atoms with Gasteiger partial charge >= 0.3 is 0 Å². The Labute approximate surface area is 217 Å². The molecule has 0 radical (unpaired) electrons. The second-order valence-corrected chi connectivity index (χ2v) is 10.7. The molecule has 36 heavy (non-hydrogen) atoms. The predicted octanol–water partition coefficient (Wildman–Crippen LogP) is 6.06. The first kappa shape index (κ1) is 28.2. The van der Waals surface area contributed by atoms with Crippen molar-refractivity contribution in [3.05, 3.63) is 46.4 Å². The summed E-state index contributed by atoms with van der Waals surface area (Å²) in [4.78, 5) is 54.6. The van der Waals surface area contributed by atoms with Crippen molar-refractivity contribution in [3.63, 3.8) is 0 Å². The van der Waals surface area contributed by atoms with E-state index in [2.05, 4.69) is 26.1 Å². The molecule has 0 saturated carbocycles. The van der Waals surface area contributed by atoms with E-state index in [4.69, 9.17) is 11.6 Å². The third-order valence-electron chi connectivity index (χ3n) is 7.38. The number of anilines is 1. The predicted molar refractivity (Wildman–Crippen MR) is 151 cm³/mol. The Balaban J connectivity index is 2.43. The van der Waals surface area contributed by atoms with Gasteiger partial charge in [-0.25, -0.2) is 0 Å². The van der Waals surface area contributed by atoms with Crippen molar-refractivity contribution in [2.45, 2.75) is 117 Å². The standard InChI is InChI=1S/C28H40ClN3O4/c1-7-10-13-16(4)30-24-21-19(25(33)31(27(21)35)17(5)14-11-8-2)23(29)20-22(24)28(36)32(26(20)34)18(6)15-12-9-3/h16-18,30H,7-15H2,1-6H3/t16-,17-,18-/m1/s1. The lowest BCUT2D eigenvalue weighted by Gasteiger charge is -2.16. The van der Waals surface area contributed by atoms with Crippen LogP contribution in [0.4, 0.5) is 5.69 Å². The first-order chi connectivity index (χ1) is 17.1. The number of hydrogen-bond donors (Lipinski definition) is 1. The van der Waals surface area contributed by atoms with Gasteiger partial charge in [-0.15, -0.1) is 0 Å². The summed E-state index contributed by atoms with van der Waals surface area (Å²) in [5.41, 5.74) is -1.61. The van der Waals surface area contributed by atoms with Crippen molar-refractivity contribution in [1.82, 2.24) is 9.13 Å². The third kappa shape index (κ3) is 4.91. The average molecular weight is 518 g/mol. The number of unbranched alkanes of at least 4 members (excludes halogenated alkanes) is 3. The number of nitrogens with one attached hydrogen (secondary N) is 1. The first-order valence-corrected chi connectivity index (χ1v) is 13.9. The molecule has 3 atom stereocenters. The Morgan fingerprint density at radius 3 is 1.39 bits per heavy atom. The van der Waals surface area contributed by atoms with E-state index in [1.54, 1.807) is 0 Å². The quantitative estimate of drug-likeness (QED) is 0.297. The van der Waals surface area contributed by atoms with E-state index < -0.39 is 22.2 Å². The first-order valence-electron chi connectivity index (χ1n) is 13.5. The number of benzene rings is 1. The van der Waals surface area contributed by atoms with Gasteiger partial charge in [0.25, 0.3) is 22.2 Å². The van der Waals surface area contributed by atoms with E-state index in [0.717, 1.165) is 44.9 Å². The number of aromatic nitrogens is 2. The summed E-state index contributed by atoms with van der Waals surface area (Å²) >= 11 is 6.73. The van der Waals surface area contributed by atoms with Gasteiger partial charge in [0.1, 0.15) is 0 Å². The normalized spacial score (nSPS) is 14.5. The number of halogens is 1. The summed E-state index contributed by atoms with van der Waals surface area (Å²) < 4.78 is 2.50. The van der Waals surface area contributed by atoms with Gasteiger partial charge < -0.3 is 5.32 Å². The third-order valence-corrected chi connectivity index (χ3v) is 7.76. The number of rotatable bonds is 13. The molecule has 198 valence electrons. The van der Waals surface area contributed by atoms with Crippen LogP contribution in [-0.2, 0) is 0 Å². The fraction of sp³-hybridized carbons (Fsp3) is 0.643. The Morgan fingerprint density at radius 2 is 1.00 bits per heavy atom. The highest BCUT2D eigenvalue weighted by atomic mass is 35.5. The van der Waals surface area contributed by atoms with Gasteiger partial charge in [0.2, 0.25) is 0 Å². The van der Waals surface area contributed by atoms with Crippen molar-refractivity contribution >= 4 is 38.8 Å². The smallest absolute Gasteiger partial charge is 0.263 e. The summed E-state index contributed by atoms with van der Waals surface area (Å²) in [6.07, 6.45) is 7.78. The van der Waals surface area contributed by atoms with Crippen LogP contribution in [-0.4, -0.2) is 15.2 Å². The van der Waals surface area contributed by atoms with E-state index in [-0.39, 0.29) is 50.4 Å². The fourth-order valence-electron chi connectivity index (χ4n) is 5.25. The Hall–Kier alpha value is -2.41. The molecule has 0 saturated heterocycles. The minimum Gasteiger partial charge on any atom is -0.381 e. The molecule has 8 heteroatoms. The highest BCUT2D eigenvalue weighted by Gasteiger charge is 2.30. The van der Waals surface area contributed by atoms with Gasteiger partial charge in [-0.05, 0) is 40.0 Å². The van der Waals surface area contributed by atoms with Crippen LogP contribution < -0.4 is 27.6 Å². The van der Waals surface area contributed by atoms with Gasteiger partial charge in [0, 0.05) is 18.1 Å². The molecule has 2 heterocycles. The molecule has 0 aliphatic heterocycles. The van der Waals surface area contributed by atoms with Crippen LogP contribution in [0.25, 0.3) is 21.5 Å². The maximum absolute atomic E-state index is 13.7. The monoisotopic (exact) mass is 517 g/mol. The van der Waals surface area contributed by atoms with E-state index >= 15 is 0 Å². The second-order valence-electron chi connectivity index (χ2n) is 10.3. The highest BCUT2D eigenvalue weighted by Crippen LogP contribution is 2.35. The Bertz CT molecular complexity index is 1330. The molecule has 0 bridgehead atoms. The largest absolute Gasteiger partial charge is 0.381 e. The van der Waals surface area contributed by atoms with Crippen molar-refractivity contribution in [2.24, 2.45) is 0 Å². The summed E-state index contributed by atoms with van der Waals surface area (Å²) in [5.74, 6) is 0. The molecule has 0 fully saturated rings. The number of fused-ring (bicyclic) bond motifs is 2. The van der Waals surface area contributed by atoms with Crippen LogP contribution >= 0.6 is 11.6 Å². The molecule has 1 aromatic carbocycles. The fourth-order valence-corrected chi connectivity index (χ4v) is 5.60. The van der Waals surface area contributed by atoms with Crippen LogP contribution in [0.2, 0.25) is 5.02 Å². The molecular formula is C28H40ClN3O4. The van der Waals surface area contributed by atoms with E-state index in [1.807, 2.05) is 20.8 Å². The summed E-state index contributed by atoms with van der Waals surface area (Å²) in [5, 5.41) is 3.60. The zero-order valence-electron chi connectivity index (χ0n) is 22.5. The summed E-state index contributed by atoms with van der Waals surface area (Å²) in [6.45, 7) is 11.9. The SMILES string of the molecule is CCCC[C@@H](C)Nc1c2c(=O)n([C@H](C)CCCC)c(=O)c2c(Cl)c2c(=O)n([C@H](C)CCCC)c(=O)c12. The van der Waals surface area contributed by atoms with E-state index in [0.29, 0.717) is 12.8 Å². The second kappa shape index (κ2) is 11.8. The Kier molecular flexibility index (Phi) is 9.20. The van der Waals surface area contributed by atoms with Gasteiger partial charge in [-0.2, -0.15) is 0 Å². The Morgan fingerprint density at radius 1 is 0.639 bits per heavy atom. The minimum absolute atomic E-state index is 0.0400. The maximum atomic E-state index is 13.7. The lowest BCUT2D eigenvalue weighted by molar-refractivity contribution is 0.469. The average Bonchev–Trinajstić information content (AvgIpc) is 3.26. The molecular weight excluding hydrogens is 478 g/mol. The van der Waals surface area contributed by atoms with Crippen LogP contribution in [0.1, 0.15) is 111 Å². The van der Waals surface area contributed by atoms with Crippen LogP contribution in [0.3, 0.4) is 0 Å². The molecule has 0 amide bonds. The van der Waals surface area contributed by atoms with Gasteiger partial charge in [-0.1, -0.05) is 70.9 Å². The lowest BCUT2D eigenvalue weighted by atomic mass is 10.1. The lowest BCUT2D eigenvalue weighted by Crippen LogP contribution is -2.29. The molecule has 0 spiro atoms. The van der Waals surface area contributed by atoms with Crippen LogP contribution in [0.15, 0.2) is 19.2 Å². The van der Waals surface area contributed by atoms with Crippen LogP contribution in [0.5, 0.6) is 0 Å². The number of nitrogens with zero attached hydrogens (tertiary/aromatic N) is 2. The maximum Gasteiger partial charge on any atom is 0.263 e. The zero-order chi connectivity index (χ0) is 26.7.